The lowest BCUT2D eigenvalue weighted by atomic mass is 10.0. The second-order valence-corrected chi connectivity index (χ2v) is 6.50. The molecule has 1 unspecified atom stereocenters. The molecule has 2 heteroatoms. The summed E-state index contributed by atoms with van der Waals surface area (Å²) in [5.74, 6) is 0. The quantitative estimate of drug-likeness (QED) is 0.263. The number of rotatable bonds is 17. The van der Waals surface area contributed by atoms with Crippen LogP contribution in [0.4, 0.5) is 0 Å². The van der Waals surface area contributed by atoms with Gasteiger partial charge < -0.3 is 5.11 Å². The molecule has 21 heavy (non-hydrogen) atoms. The molecule has 0 bridgehead atoms. The summed E-state index contributed by atoms with van der Waals surface area (Å²) in [4.78, 5) is 0. The summed E-state index contributed by atoms with van der Waals surface area (Å²) in [6.07, 6.45) is 19.7. The summed E-state index contributed by atoms with van der Waals surface area (Å²) < 4.78 is 0. The van der Waals surface area contributed by atoms with E-state index in [0.717, 1.165) is 25.8 Å². The van der Waals surface area contributed by atoms with Crippen LogP contribution in [0.3, 0.4) is 0 Å². The predicted octanol–water partition coefficient (Wildman–Crippen LogP) is 5.79. The zero-order valence-corrected chi connectivity index (χ0v) is 14.8. The van der Waals surface area contributed by atoms with E-state index in [-0.39, 0.29) is 6.23 Å². The van der Waals surface area contributed by atoms with Gasteiger partial charge in [0.25, 0.3) is 0 Å². The molecule has 0 fully saturated rings. The fourth-order valence-corrected chi connectivity index (χ4v) is 2.77. The minimum atomic E-state index is -0.280. The SMILES string of the molecule is CCCCCCCCCCCCCCCC(O)NCCC. The lowest BCUT2D eigenvalue weighted by Gasteiger charge is -2.11. The molecule has 0 amide bonds. The Morgan fingerprint density at radius 3 is 1.48 bits per heavy atom. The summed E-state index contributed by atoms with van der Waals surface area (Å²) in [7, 11) is 0. The first-order chi connectivity index (χ1) is 10.3. The number of aliphatic hydroxyl groups excluding tert-OH is 1. The van der Waals surface area contributed by atoms with Gasteiger partial charge in [-0.15, -0.1) is 0 Å². The van der Waals surface area contributed by atoms with Crippen molar-refractivity contribution < 1.29 is 5.11 Å². The topological polar surface area (TPSA) is 32.3 Å². The summed E-state index contributed by atoms with van der Waals surface area (Å²) in [5, 5.41) is 12.8. The molecule has 0 aliphatic carbocycles. The highest BCUT2D eigenvalue weighted by atomic mass is 16.3. The van der Waals surface area contributed by atoms with E-state index in [4.69, 9.17) is 0 Å². The molecular weight excluding hydrogens is 258 g/mol. The fraction of sp³-hybridized carbons (Fsp3) is 1.00. The van der Waals surface area contributed by atoms with Gasteiger partial charge in [-0.25, -0.2) is 0 Å². The summed E-state index contributed by atoms with van der Waals surface area (Å²) >= 11 is 0. The Bertz CT molecular complexity index is 184. The molecule has 0 aromatic rings. The van der Waals surface area contributed by atoms with Gasteiger partial charge in [-0.2, -0.15) is 0 Å². The molecule has 0 aliphatic heterocycles. The minimum Gasteiger partial charge on any atom is -0.379 e. The van der Waals surface area contributed by atoms with Gasteiger partial charge in [-0.3, -0.25) is 5.32 Å². The van der Waals surface area contributed by atoms with Crippen LogP contribution in [0.2, 0.25) is 0 Å². The van der Waals surface area contributed by atoms with Gasteiger partial charge in [-0.05, 0) is 25.8 Å². The highest BCUT2D eigenvalue weighted by Crippen LogP contribution is 2.13. The molecule has 128 valence electrons. The van der Waals surface area contributed by atoms with Crippen molar-refractivity contribution >= 4 is 0 Å². The molecule has 0 spiro atoms. The molecular formula is C19H41NO. The van der Waals surface area contributed by atoms with Crippen molar-refractivity contribution in [2.75, 3.05) is 6.54 Å². The van der Waals surface area contributed by atoms with Gasteiger partial charge in [0.15, 0.2) is 0 Å². The first-order valence-electron chi connectivity index (χ1n) is 9.72. The second-order valence-electron chi connectivity index (χ2n) is 6.50. The van der Waals surface area contributed by atoms with Crippen LogP contribution in [0.1, 0.15) is 110 Å². The normalized spacial score (nSPS) is 12.7. The first kappa shape index (κ1) is 20.9. The Labute approximate surface area is 134 Å². The number of hydrogen-bond donors (Lipinski definition) is 2. The Balaban J connectivity index is 3.02. The van der Waals surface area contributed by atoms with Crippen molar-refractivity contribution in [2.24, 2.45) is 0 Å². The maximum atomic E-state index is 9.65. The smallest absolute Gasteiger partial charge is 0.104 e. The predicted molar refractivity (Wildman–Crippen MR) is 94.6 cm³/mol. The summed E-state index contributed by atoms with van der Waals surface area (Å²) in [6.45, 7) is 5.34. The second kappa shape index (κ2) is 18.0. The zero-order valence-electron chi connectivity index (χ0n) is 14.8. The van der Waals surface area contributed by atoms with Gasteiger partial charge in [0.2, 0.25) is 0 Å². The van der Waals surface area contributed by atoms with E-state index in [2.05, 4.69) is 19.2 Å². The van der Waals surface area contributed by atoms with Crippen LogP contribution in [-0.4, -0.2) is 17.9 Å². The van der Waals surface area contributed by atoms with E-state index in [1.807, 2.05) is 0 Å². The molecule has 2 N–H and O–H groups in total. The summed E-state index contributed by atoms with van der Waals surface area (Å²) in [5.41, 5.74) is 0. The van der Waals surface area contributed by atoms with Crippen LogP contribution in [0.5, 0.6) is 0 Å². The Morgan fingerprint density at radius 1 is 0.619 bits per heavy atom. The van der Waals surface area contributed by atoms with E-state index >= 15 is 0 Å². The van der Waals surface area contributed by atoms with E-state index in [1.54, 1.807) is 0 Å². The van der Waals surface area contributed by atoms with Crippen molar-refractivity contribution in [3.8, 4) is 0 Å². The lowest BCUT2D eigenvalue weighted by Crippen LogP contribution is -2.29. The van der Waals surface area contributed by atoms with E-state index < -0.39 is 0 Å². The molecule has 0 aromatic carbocycles. The van der Waals surface area contributed by atoms with Gasteiger partial charge >= 0.3 is 0 Å². The summed E-state index contributed by atoms with van der Waals surface area (Å²) in [6, 6.07) is 0. The average Bonchev–Trinajstić information content (AvgIpc) is 2.49. The van der Waals surface area contributed by atoms with Crippen molar-refractivity contribution in [3.05, 3.63) is 0 Å². The molecule has 0 saturated heterocycles. The molecule has 1 atom stereocenters. The maximum Gasteiger partial charge on any atom is 0.104 e. The lowest BCUT2D eigenvalue weighted by molar-refractivity contribution is 0.125. The molecule has 0 aliphatic rings. The third kappa shape index (κ3) is 17.9. The van der Waals surface area contributed by atoms with Gasteiger partial charge in [0.1, 0.15) is 6.23 Å². The van der Waals surface area contributed by atoms with Crippen LogP contribution < -0.4 is 5.32 Å². The molecule has 0 aromatic heterocycles. The van der Waals surface area contributed by atoms with Crippen molar-refractivity contribution in [1.82, 2.24) is 5.32 Å². The number of unbranched alkanes of at least 4 members (excludes halogenated alkanes) is 12. The standard InChI is InChI=1S/C19H41NO/c1-3-5-6-7-8-9-10-11-12-13-14-15-16-17-19(21)20-18-4-2/h19-21H,3-18H2,1-2H3. The number of nitrogens with one attached hydrogen (secondary N) is 1. The van der Waals surface area contributed by atoms with Crippen molar-refractivity contribution in [3.63, 3.8) is 0 Å². The van der Waals surface area contributed by atoms with Crippen LogP contribution in [0.25, 0.3) is 0 Å². The number of aliphatic hydroxyl groups is 1. The monoisotopic (exact) mass is 299 g/mol. The average molecular weight is 300 g/mol. The Kier molecular flexibility index (Phi) is 17.9. The Morgan fingerprint density at radius 2 is 1.05 bits per heavy atom. The van der Waals surface area contributed by atoms with Crippen LogP contribution >= 0.6 is 0 Å². The van der Waals surface area contributed by atoms with Crippen molar-refractivity contribution in [1.29, 1.82) is 0 Å². The highest BCUT2D eigenvalue weighted by Gasteiger charge is 2.01. The van der Waals surface area contributed by atoms with E-state index in [9.17, 15) is 5.11 Å². The third-order valence-electron chi connectivity index (χ3n) is 4.21. The van der Waals surface area contributed by atoms with Gasteiger partial charge in [0.05, 0.1) is 0 Å². The highest BCUT2D eigenvalue weighted by molar-refractivity contribution is 4.54. The maximum absolute atomic E-state index is 9.65. The molecule has 0 radical (unpaired) electrons. The number of hydrogen-bond acceptors (Lipinski definition) is 2. The first-order valence-corrected chi connectivity index (χ1v) is 9.72. The fourth-order valence-electron chi connectivity index (χ4n) is 2.77. The Hall–Kier alpha value is -0.0800. The molecule has 2 nitrogen and oxygen atoms in total. The minimum absolute atomic E-state index is 0.280. The van der Waals surface area contributed by atoms with Gasteiger partial charge in [0, 0.05) is 0 Å². The largest absolute Gasteiger partial charge is 0.379 e. The van der Waals surface area contributed by atoms with Crippen LogP contribution in [0, 0.1) is 0 Å². The van der Waals surface area contributed by atoms with Gasteiger partial charge in [-0.1, -0.05) is 90.9 Å². The zero-order chi connectivity index (χ0) is 15.6. The molecule has 0 saturated carbocycles. The third-order valence-corrected chi connectivity index (χ3v) is 4.21. The van der Waals surface area contributed by atoms with E-state index in [1.165, 1.54) is 77.0 Å². The molecule has 0 rings (SSSR count). The van der Waals surface area contributed by atoms with Crippen LogP contribution in [-0.2, 0) is 0 Å². The van der Waals surface area contributed by atoms with E-state index in [0.29, 0.717) is 0 Å². The van der Waals surface area contributed by atoms with Crippen molar-refractivity contribution in [2.45, 2.75) is 116 Å². The molecule has 0 heterocycles. The van der Waals surface area contributed by atoms with Crippen LogP contribution in [0.15, 0.2) is 0 Å².